The summed E-state index contributed by atoms with van der Waals surface area (Å²) in [6, 6.07) is 13.8. The fraction of sp³-hybridized carbons (Fsp3) is 0.391. The van der Waals surface area contributed by atoms with Gasteiger partial charge in [0, 0.05) is 24.4 Å². The van der Waals surface area contributed by atoms with Gasteiger partial charge in [-0.3, -0.25) is 9.79 Å². The summed E-state index contributed by atoms with van der Waals surface area (Å²) in [7, 11) is -1.94. The second-order valence-corrected chi connectivity index (χ2v) is 10.4. The standard InChI is InChI=1S/C23H29N3O4S2/c1-4-14-26(15-5-2)32(28,29)20-12-8-18(9-13-20)22(27)25-23-24-21(16-31-23)17-6-10-19(30-3)11-7-17/h6-13,21H,4-5,14-16H2,1-3H3,(H,24,25,27). The largest absolute Gasteiger partial charge is 0.497 e. The lowest BCUT2D eigenvalue weighted by molar-refractivity contribution is 0.0978. The van der Waals surface area contributed by atoms with E-state index in [9.17, 15) is 13.2 Å². The number of rotatable bonds is 9. The lowest BCUT2D eigenvalue weighted by Crippen LogP contribution is -2.32. The molecule has 0 spiro atoms. The average Bonchev–Trinajstić information content (AvgIpc) is 3.27. The van der Waals surface area contributed by atoms with Crippen LogP contribution in [0.3, 0.4) is 0 Å². The van der Waals surface area contributed by atoms with E-state index in [1.807, 2.05) is 38.1 Å². The van der Waals surface area contributed by atoms with E-state index in [4.69, 9.17) is 4.74 Å². The highest BCUT2D eigenvalue weighted by atomic mass is 32.2. The first-order chi connectivity index (χ1) is 15.4. The minimum absolute atomic E-state index is 0.0307. The van der Waals surface area contributed by atoms with E-state index in [2.05, 4.69) is 10.3 Å². The van der Waals surface area contributed by atoms with Crippen molar-refractivity contribution in [2.45, 2.75) is 37.6 Å². The quantitative estimate of drug-likeness (QED) is 0.590. The summed E-state index contributed by atoms with van der Waals surface area (Å²) in [5.41, 5.74) is 1.44. The molecule has 7 nitrogen and oxygen atoms in total. The van der Waals surface area contributed by atoms with Gasteiger partial charge in [-0.15, -0.1) is 0 Å². The average molecular weight is 476 g/mol. The Balaban J connectivity index is 1.67. The summed E-state index contributed by atoms with van der Waals surface area (Å²) < 4.78 is 32.4. The topological polar surface area (TPSA) is 88.1 Å². The van der Waals surface area contributed by atoms with Crippen molar-refractivity contribution in [1.29, 1.82) is 0 Å². The summed E-state index contributed by atoms with van der Waals surface area (Å²) in [5.74, 6) is 1.22. The maximum absolute atomic E-state index is 12.9. The maximum atomic E-state index is 12.9. The van der Waals surface area contributed by atoms with E-state index >= 15 is 0 Å². The van der Waals surface area contributed by atoms with Gasteiger partial charge in [-0.05, 0) is 54.8 Å². The van der Waals surface area contributed by atoms with Gasteiger partial charge in [-0.1, -0.05) is 37.7 Å². The summed E-state index contributed by atoms with van der Waals surface area (Å²) >= 11 is 1.48. The van der Waals surface area contributed by atoms with Crippen LogP contribution in [0.1, 0.15) is 48.7 Å². The van der Waals surface area contributed by atoms with Crippen LogP contribution in [-0.4, -0.2) is 49.8 Å². The number of amidine groups is 1. The summed E-state index contributed by atoms with van der Waals surface area (Å²) in [5, 5.41) is 3.39. The van der Waals surface area contributed by atoms with E-state index in [0.717, 1.165) is 29.9 Å². The zero-order chi connectivity index (χ0) is 23.1. The van der Waals surface area contributed by atoms with Gasteiger partial charge in [0.15, 0.2) is 5.17 Å². The van der Waals surface area contributed by atoms with Crippen LogP contribution in [0.25, 0.3) is 0 Å². The Bertz CT molecular complexity index is 1050. The summed E-state index contributed by atoms with van der Waals surface area (Å²) in [4.78, 5) is 17.4. The molecule has 0 radical (unpaired) electrons. The zero-order valence-electron chi connectivity index (χ0n) is 18.6. The minimum atomic E-state index is -3.57. The number of amides is 1. The molecule has 172 valence electrons. The van der Waals surface area contributed by atoms with Gasteiger partial charge >= 0.3 is 0 Å². The number of benzene rings is 2. The van der Waals surface area contributed by atoms with Gasteiger partial charge in [0.1, 0.15) is 5.75 Å². The highest BCUT2D eigenvalue weighted by molar-refractivity contribution is 8.14. The van der Waals surface area contributed by atoms with Crippen molar-refractivity contribution in [3.8, 4) is 5.75 Å². The van der Waals surface area contributed by atoms with Crippen molar-refractivity contribution in [3.63, 3.8) is 0 Å². The van der Waals surface area contributed by atoms with Gasteiger partial charge < -0.3 is 10.1 Å². The molecule has 1 aliphatic heterocycles. The predicted octanol–water partition coefficient (Wildman–Crippen LogP) is 4.08. The molecule has 0 bridgehead atoms. The Morgan fingerprint density at radius 3 is 2.28 bits per heavy atom. The molecule has 2 aromatic carbocycles. The molecule has 1 unspecified atom stereocenters. The highest BCUT2D eigenvalue weighted by Crippen LogP contribution is 2.30. The number of thioether (sulfide) groups is 1. The molecule has 0 saturated carbocycles. The number of hydrogen-bond acceptors (Lipinski definition) is 6. The zero-order valence-corrected chi connectivity index (χ0v) is 20.2. The fourth-order valence-electron chi connectivity index (χ4n) is 3.39. The third kappa shape index (κ3) is 5.70. The van der Waals surface area contributed by atoms with Crippen LogP contribution in [0.4, 0.5) is 0 Å². The van der Waals surface area contributed by atoms with Gasteiger partial charge in [-0.25, -0.2) is 8.42 Å². The number of nitrogens with one attached hydrogen (secondary N) is 1. The van der Waals surface area contributed by atoms with E-state index in [-0.39, 0.29) is 16.8 Å². The lowest BCUT2D eigenvalue weighted by atomic mass is 10.1. The van der Waals surface area contributed by atoms with Crippen molar-refractivity contribution in [2.24, 2.45) is 4.99 Å². The van der Waals surface area contributed by atoms with Crippen LogP contribution in [-0.2, 0) is 10.0 Å². The lowest BCUT2D eigenvalue weighted by Gasteiger charge is -2.21. The number of nitrogens with zero attached hydrogens (tertiary/aromatic N) is 2. The molecule has 1 aliphatic rings. The molecule has 0 saturated heterocycles. The number of hydrogen-bond donors (Lipinski definition) is 1. The molecule has 2 aromatic rings. The molecular formula is C23H29N3O4S2. The Morgan fingerprint density at radius 1 is 1.09 bits per heavy atom. The normalized spacial score (nSPS) is 16.1. The minimum Gasteiger partial charge on any atom is -0.497 e. The van der Waals surface area contributed by atoms with E-state index in [1.165, 1.54) is 28.2 Å². The van der Waals surface area contributed by atoms with Crippen LogP contribution in [0.15, 0.2) is 58.4 Å². The smallest absolute Gasteiger partial charge is 0.257 e. The second-order valence-electron chi connectivity index (χ2n) is 7.42. The number of carbonyl (C=O) groups is 1. The Kier molecular flexibility index (Phi) is 8.33. The van der Waals surface area contributed by atoms with Crippen LogP contribution in [0, 0.1) is 0 Å². The fourth-order valence-corrected chi connectivity index (χ4v) is 5.96. The van der Waals surface area contributed by atoms with Crippen LogP contribution < -0.4 is 10.1 Å². The third-order valence-electron chi connectivity index (χ3n) is 5.07. The molecule has 1 atom stereocenters. The predicted molar refractivity (Wildman–Crippen MR) is 129 cm³/mol. The molecule has 0 aromatic heterocycles. The van der Waals surface area contributed by atoms with E-state index in [0.29, 0.717) is 23.8 Å². The van der Waals surface area contributed by atoms with Gasteiger partial charge in [0.2, 0.25) is 10.0 Å². The number of ether oxygens (including phenoxy) is 1. The van der Waals surface area contributed by atoms with Crippen molar-refractivity contribution >= 4 is 32.9 Å². The summed E-state index contributed by atoms with van der Waals surface area (Å²) in [6.45, 7) is 4.86. The van der Waals surface area contributed by atoms with E-state index < -0.39 is 10.0 Å². The van der Waals surface area contributed by atoms with Gasteiger partial charge in [0.25, 0.3) is 5.91 Å². The first kappa shape index (κ1) is 24.3. The van der Waals surface area contributed by atoms with Crippen molar-refractivity contribution in [3.05, 3.63) is 59.7 Å². The maximum Gasteiger partial charge on any atom is 0.257 e. The number of carbonyl (C=O) groups excluding carboxylic acids is 1. The SMILES string of the molecule is CCCN(CCC)S(=O)(=O)c1ccc(C(=O)NC2=NC(c3ccc(OC)cc3)CS2)cc1. The molecule has 1 amide bonds. The molecule has 9 heteroatoms. The Hall–Kier alpha value is -2.36. The number of methoxy groups -OCH3 is 1. The monoisotopic (exact) mass is 475 g/mol. The molecule has 1 N–H and O–H groups in total. The second kappa shape index (κ2) is 11.0. The van der Waals surface area contributed by atoms with E-state index in [1.54, 1.807) is 19.2 Å². The van der Waals surface area contributed by atoms with Crippen molar-refractivity contribution in [2.75, 3.05) is 26.0 Å². The van der Waals surface area contributed by atoms with Crippen LogP contribution in [0.5, 0.6) is 5.75 Å². The molecular weight excluding hydrogens is 446 g/mol. The number of sulfonamides is 1. The molecule has 0 fully saturated rings. The highest BCUT2D eigenvalue weighted by Gasteiger charge is 2.24. The third-order valence-corrected chi connectivity index (χ3v) is 7.95. The number of aliphatic imine (C=N–C) groups is 1. The van der Waals surface area contributed by atoms with Crippen molar-refractivity contribution in [1.82, 2.24) is 9.62 Å². The van der Waals surface area contributed by atoms with Gasteiger partial charge in [0.05, 0.1) is 18.0 Å². The summed E-state index contributed by atoms with van der Waals surface area (Å²) in [6.07, 6.45) is 1.49. The molecule has 3 rings (SSSR count). The Morgan fingerprint density at radius 2 is 1.72 bits per heavy atom. The molecule has 1 heterocycles. The van der Waals surface area contributed by atoms with Crippen LogP contribution >= 0.6 is 11.8 Å². The molecule has 0 aliphatic carbocycles. The first-order valence-electron chi connectivity index (χ1n) is 10.6. The van der Waals surface area contributed by atoms with Crippen molar-refractivity contribution < 1.29 is 17.9 Å². The Labute approximate surface area is 194 Å². The molecule has 32 heavy (non-hydrogen) atoms. The first-order valence-corrected chi connectivity index (χ1v) is 13.1. The van der Waals surface area contributed by atoms with Gasteiger partial charge in [-0.2, -0.15) is 4.31 Å². The van der Waals surface area contributed by atoms with Crippen LogP contribution in [0.2, 0.25) is 0 Å².